The molecule has 5 nitrogen and oxygen atoms in total. The van der Waals surface area contributed by atoms with E-state index < -0.39 is 0 Å². The van der Waals surface area contributed by atoms with Crippen LogP contribution in [0.2, 0.25) is 0 Å². The number of piperidine rings is 1. The SMILES string of the molecule is Cc1ccccc1CN1CCCC(CCC(=O)N2CCN(c3ccccn3)CC2)C1. The minimum atomic E-state index is 0.326. The summed E-state index contributed by atoms with van der Waals surface area (Å²) in [5.41, 5.74) is 2.81. The molecule has 1 amide bonds. The van der Waals surface area contributed by atoms with Crippen molar-refractivity contribution in [2.75, 3.05) is 44.2 Å². The molecule has 3 heterocycles. The Balaban J connectivity index is 1.21. The highest BCUT2D eigenvalue weighted by atomic mass is 16.2. The van der Waals surface area contributed by atoms with Crippen molar-refractivity contribution in [2.24, 2.45) is 5.92 Å². The van der Waals surface area contributed by atoms with Gasteiger partial charge in [0.25, 0.3) is 0 Å². The summed E-state index contributed by atoms with van der Waals surface area (Å²) in [6.07, 6.45) is 6.04. The zero-order chi connectivity index (χ0) is 20.8. The summed E-state index contributed by atoms with van der Waals surface area (Å²) in [6.45, 7) is 8.88. The summed E-state index contributed by atoms with van der Waals surface area (Å²) >= 11 is 0. The number of carbonyl (C=O) groups is 1. The first kappa shape index (κ1) is 20.9. The van der Waals surface area contributed by atoms with E-state index in [4.69, 9.17) is 0 Å². The minimum Gasteiger partial charge on any atom is -0.353 e. The number of hydrogen-bond acceptors (Lipinski definition) is 4. The Morgan fingerprint density at radius 3 is 2.60 bits per heavy atom. The third-order valence-electron chi connectivity index (χ3n) is 6.63. The highest BCUT2D eigenvalue weighted by Crippen LogP contribution is 2.24. The Morgan fingerprint density at radius 1 is 1.03 bits per heavy atom. The van der Waals surface area contributed by atoms with Crippen LogP contribution < -0.4 is 4.90 Å². The summed E-state index contributed by atoms with van der Waals surface area (Å²) in [6, 6.07) is 14.7. The first-order valence-electron chi connectivity index (χ1n) is 11.4. The van der Waals surface area contributed by atoms with Crippen LogP contribution >= 0.6 is 0 Å². The number of aryl methyl sites for hydroxylation is 1. The number of aromatic nitrogens is 1. The van der Waals surface area contributed by atoms with Gasteiger partial charge in [-0.3, -0.25) is 9.69 Å². The maximum absolute atomic E-state index is 12.8. The van der Waals surface area contributed by atoms with Crippen molar-refractivity contribution in [2.45, 2.75) is 39.2 Å². The number of anilines is 1. The summed E-state index contributed by atoms with van der Waals surface area (Å²) < 4.78 is 0. The quantitative estimate of drug-likeness (QED) is 0.733. The minimum absolute atomic E-state index is 0.326. The molecule has 30 heavy (non-hydrogen) atoms. The molecule has 4 rings (SSSR count). The van der Waals surface area contributed by atoms with Crippen LogP contribution in [0.15, 0.2) is 48.7 Å². The van der Waals surface area contributed by atoms with Crippen LogP contribution in [0.3, 0.4) is 0 Å². The van der Waals surface area contributed by atoms with E-state index in [0.29, 0.717) is 18.2 Å². The van der Waals surface area contributed by atoms with E-state index >= 15 is 0 Å². The number of piperazine rings is 1. The first-order chi connectivity index (χ1) is 14.7. The molecule has 1 aromatic carbocycles. The molecule has 0 N–H and O–H groups in total. The van der Waals surface area contributed by atoms with Crippen molar-refractivity contribution in [1.82, 2.24) is 14.8 Å². The number of carbonyl (C=O) groups excluding carboxylic acids is 1. The van der Waals surface area contributed by atoms with Crippen LogP contribution in [0.4, 0.5) is 5.82 Å². The van der Waals surface area contributed by atoms with Gasteiger partial charge >= 0.3 is 0 Å². The molecule has 2 aromatic rings. The summed E-state index contributed by atoms with van der Waals surface area (Å²) in [4.78, 5) is 24.1. The van der Waals surface area contributed by atoms with Gasteiger partial charge in [-0.1, -0.05) is 30.3 Å². The van der Waals surface area contributed by atoms with E-state index in [2.05, 4.69) is 46.0 Å². The second kappa shape index (κ2) is 10.1. The maximum Gasteiger partial charge on any atom is 0.222 e. The van der Waals surface area contributed by atoms with Gasteiger partial charge in [0.2, 0.25) is 5.91 Å². The van der Waals surface area contributed by atoms with Gasteiger partial charge in [0.15, 0.2) is 0 Å². The van der Waals surface area contributed by atoms with Crippen molar-refractivity contribution in [3.8, 4) is 0 Å². The first-order valence-corrected chi connectivity index (χ1v) is 11.4. The van der Waals surface area contributed by atoms with Crippen LogP contribution in [-0.2, 0) is 11.3 Å². The van der Waals surface area contributed by atoms with Gasteiger partial charge in [-0.25, -0.2) is 4.98 Å². The molecule has 2 aliphatic rings. The summed E-state index contributed by atoms with van der Waals surface area (Å²) in [5.74, 6) is 1.98. The fraction of sp³-hybridized carbons (Fsp3) is 0.520. The molecular formula is C25H34N4O. The lowest BCUT2D eigenvalue weighted by atomic mass is 9.92. The zero-order valence-corrected chi connectivity index (χ0v) is 18.2. The predicted octanol–water partition coefficient (Wildman–Crippen LogP) is 3.73. The van der Waals surface area contributed by atoms with Gasteiger partial charge in [-0.05, 0) is 61.9 Å². The van der Waals surface area contributed by atoms with Crippen molar-refractivity contribution in [3.05, 3.63) is 59.8 Å². The second-order valence-electron chi connectivity index (χ2n) is 8.76. The summed E-state index contributed by atoms with van der Waals surface area (Å²) in [5, 5.41) is 0. The molecule has 1 unspecified atom stereocenters. The van der Waals surface area contributed by atoms with Gasteiger partial charge in [-0.15, -0.1) is 0 Å². The third kappa shape index (κ3) is 5.39. The monoisotopic (exact) mass is 406 g/mol. The molecule has 2 saturated heterocycles. The highest BCUT2D eigenvalue weighted by molar-refractivity contribution is 5.76. The topological polar surface area (TPSA) is 39.7 Å². The molecule has 1 aromatic heterocycles. The van der Waals surface area contributed by atoms with E-state index in [-0.39, 0.29) is 0 Å². The van der Waals surface area contributed by atoms with Gasteiger partial charge in [0, 0.05) is 51.9 Å². The average Bonchev–Trinajstić information content (AvgIpc) is 2.80. The smallest absolute Gasteiger partial charge is 0.222 e. The largest absolute Gasteiger partial charge is 0.353 e. The van der Waals surface area contributed by atoms with Crippen LogP contribution in [0.5, 0.6) is 0 Å². The van der Waals surface area contributed by atoms with Crippen molar-refractivity contribution >= 4 is 11.7 Å². The second-order valence-corrected chi connectivity index (χ2v) is 8.76. The lowest BCUT2D eigenvalue weighted by molar-refractivity contribution is -0.131. The molecule has 5 heteroatoms. The zero-order valence-electron chi connectivity index (χ0n) is 18.2. The lowest BCUT2D eigenvalue weighted by Crippen LogP contribution is -2.49. The number of likely N-dealkylation sites (tertiary alicyclic amines) is 1. The van der Waals surface area contributed by atoms with E-state index in [1.807, 2.05) is 29.3 Å². The van der Waals surface area contributed by atoms with Crippen LogP contribution in [0.1, 0.15) is 36.8 Å². The summed E-state index contributed by atoms with van der Waals surface area (Å²) in [7, 11) is 0. The fourth-order valence-corrected chi connectivity index (χ4v) is 4.77. The molecule has 0 radical (unpaired) electrons. The average molecular weight is 407 g/mol. The van der Waals surface area contributed by atoms with Crippen LogP contribution in [0.25, 0.3) is 0 Å². The predicted molar refractivity (Wildman–Crippen MR) is 121 cm³/mol. The van der Waals surface area contributed by atoms with Crippen molar-refractivity contribution in [3.63, 3.8) is 0 Å². The van der Waals surface area contributed by atoms with Gasteiger partial charge in [0.1, 0.15) is 5.82 Å². The van der Waals surface area contributed by atoms with Crippen LogP contribution in [-0.4, -0.2) is 60.0 Å². The Labute approximate surface area is 180 Å². The van der Waals surface area contributed by atoms with Crippen molar-refractivity contribution < 1.29 is 4.79 Å². The molecule has 160 valence electrons. The number of amides is 1. The number of benzene rings is 1. The Hall–Kier alpha value is -2.40. The van der Waals surface area contributed by atoms with E-state index in [1.54, 1.807) is 0 Å². The van der Waals surface area contributed by atoms with Gasteiger partial charge in [-0.2, -0.15) is 0 Å². The molecule has 2 aliphatic heterocycles. The number of hydrogen-bond donors (Lipinski definition) is 0. The Bertz CT molecular complexity index is 817. The molecular weight excluding hydrogens is 372 g/mol. The molecule has 0 saturated carbocycles. The van der Waals surface area contributed by atoms with Crippen molar-refractivity contribution in [1.29, 1.82) is 0 Å². The number of pyridine rings is 1. The number of rotatable bonds is 6. The molecule has 0 aliphatic carbocycles. The van der Waals surface area contributed by atoms with E-state index in [1.165, 1.54) is 30.5 Å². The molecule has 0 spiro atoms. The lowest BCUT2D eigenvalue weighted by Gasteiger charge is -2.36. The molecule has 2 fully saturated rings. The Morgan fingerprint density at radius 2 is 1.83 bits per heavy atom. The fourth-order valence-electron chi connectivity index (χ4n) is 4.77. The third-order valence-corrected chi connectivity index (χ3v) is 6.63. The standard InChI is InChI=1S/C25H34N4O/c1-21-7-2-3-9-23(21)20-27-14-6-8-22(19-27)11-12-25(30)29-17-15-28(16-18-29)24-10-4-5-13-26-24/h2-5,7,9-10,13,22H,6,8,11-12,14-20H2,1H3. The number of nitrogens with zero attached hydrogens (tertiary/aromatic N) is 4. The van der Waals surface area contributed by atoms with E-state index in [9.17, 15) is 4.79 Å². The molecule has 1 atom stereocenters. The maximum atomic E-state index is 12.8. The normalized spacial score (nSPS) is 20.4. The van der Waals surface area contributed by atoms with Gasteiger partial charge < -0.3 is 9.80 Å². The molecule has 0 bridgehead atoms. The Kier molecular flexibility index (Phi) is 7.00. The van der Waals surface area contributed by atoms with Gasteiger partial charge in [0.05, 0.1) is 0 Å². The van der Waals surface area contributed by atoms with Crippen LogP contribution in [0, 0.1) is 12.8 Å². The highest BCUT2D eigenvalue weighted by Gasteiger charge is 2.24. The van der Waals surface area contributed by atoms with E-state index in [0.717, 1.165) is 51.5 Å².